The molecule has 5 heteroatoms. The van der Waals surface area contributed by atoms with Gasteiger partial charge < -0.3 is 9.30 Å². The van der Waals surface area contributed by atoms with Crippen molar-refractivity contribution in [2.24, 2.45) is 0 Å². The molecule has 0 aliphatic rings. The van der Waals surface area contributed by atoms with Crippen LogP contribution in [0.5, 0.6) is 5.75 Å². The number of nitrogens with zero attached hydrogens (tertiary/aromatic N) is 2. The third-order valence-electron chi connectivity index (χ3n) is 3.88. The summed E-state index contributed by atoms with van der Waals surface area (Å²) in [5, 5.41) is 0.579. The predicted octanol–water partition coefficient (Wildman–Crippen LogP) is 4.85. The molecule has 0 spiro atoms. The van der Waals surface area contributed by atoms with Crippen molar-refractivity contribution in [2.75, 3.05) is 6.61 Å². The molecule has 1 atom stereocenters. The van der Waals surface area contributed by atoms with Crippen LogP contribution in [0.15, 0.2) is 67.3 Å². The molecule has 0 saturated heterocycles. The Balaban J connectivity index is 2.02. The average molecular weight is 345 g/mol. The van der Waals surface area contributed by atoms with Gasteiger partial charge in [0.05, 0.1) is 19.5 Å². The van der Waals surface area contributed by atoms with E-state index in [1.54, 1.807) is 71.8 Å². The fourth-order valence-electron chi connectivity index (χ4n) is 2.68. The van der Waals surface area contributed by atoms with Gasteiger partial charge in [-0.15, -0.1) is 0 Å². The van der Waals surface area contributed by atoms with Crippen molar-refractivity contribution in [1.82, 2.24) is 9.55 Å². The zero-order valence-electron chi connectivity index (χ0n) is 13.3. The van der Waals surface area contributed by atoms with Crippen LogP contribution >= 0.6 is 11.6 Å². The van der Waals surface area contributed by atoms with Gasteiger partial charge in [-0.2, -0.15) is 0 Å². The molecular weight excluding hydrogens is 327 g/mol. The van der Waals surface area contributed by atoms with E-state index in [9.17, 15) is 0 Å². The van der Waals surface area contributed by atoms with Crippen molar-refractivity contribution in [3.8, 4) is 5.75 Å². The fourth-order valence-corrected chi connectivity index (χ4v) is 2.80. The molecule has 0 bridgehead atoms. The van der Waals surface area contributed by atoms with Crippen LogP contribution in [0.4, 0.5) is 4.39 Å². The second-order valence-corrected chi connectivity index (χ2v) is 5.94. The normalized spacial score (nSPS) is 13.5. The van der Waals surface area contributed by atoms with Gasteiger partial charge in [-0.1, -0.05) is 35.9 Å². The van der Waals surface area contributed by atoms with Crippen LogP contribution < -0.4 is 4.74 Å². The van der Waals surface area contributed by atoms with Gasteiger partial charge in [0.25, 0.3) is 0 Å². The Morgan fingerprint density at radius 2 is 1.71 bits per heavy atom. The maximum Gasteiger partial charge on any atom is 0.178 e. The van der Waals surface area contributed by atoms with Gasteiger partial charge in [0.15, 0.2) is 5.67 Å². The minimum atomic E-state index is -1.70. The minimum absolute atomic E-state index is 0.128. The highest BCUT2D eigenvalue weighted by Crippen LogP contribution is 2.37. The molecule has 24 heavy (non-hydrogen) atoms. The van der Waals surface area contributed by atoms with Gasteiger partial charge in [-0.25, -0.2) is 9.37 Å². The van der Waals surface area contributed by atoms with E-state index in [0.29, 0.717) is 22.8 Å². The van der Waals surface area contributed by atoms with Gasteiger partial charge in [-0.05, 0) is 42.3 Å². The van der Waals surface area contributed by atoms with Crippen LogP contribution in [-0.4, -0.2) is 16.2 Å². The van der Waals surface area contributed by atoms with E-state index >= 15 is 4.39 Å². The Morgan fingerprint density at radius 1 is 1.08 bits per heavy atom. The highest BCUT2D eigenvalue weighted by atomic mass is 35.5. The SMILES string of the molecule is CCOc1ccc(C(F)(Cn2ccnc2)c2ccc(Cl)cc2)cc1. The summed E-state index contributed by atoms with van der Waals surface area (Å²) in [6.07, 6.45) is 5.00. The maximum atomic E-state index is 16.1. The first-order chi connectivity index (χ1) is 11.6. The second-order valence-electron chi connectivity index (χ2n) is 5.50. The van der Waals surface area contributed by atoms with Crippen molar-refractivity contribution in [3.05, 3.63) is 83.4 Å². The molecule has 0 aliphatic heterocycles. The number of ether oxygens (including phenoxy) is 1. The van der Waals surface area contributed by atoms with Gasteiger partial charge in [0.2, 0.25) is 0 Å². The van der Waals surface area contributed by atoms with Crippen LogP contribution in [0.1, 0.15) is 18.1 Å². The maximum absolute atomic E-state index is 16.1. The van der Waals surface area contributed by atoms with Crippen molar-refractivity contribution >= 4 is 11.6 Å². The number of hydrogen-bond donors (Lipinski definition) is 0. The second kappa shape index (κ2) is 7.05. The van der Waals surface area contributed by atoms with Crippen molar-refractivity contribution in [3.63, 3.8) is 0 Å². The van der Waals surface area contributed by atoms with E-state index in [1.165, 1.54) is 0 Å². The first-order valence-electron chi connectivity index (χ1n) is 7.76. The first kappa shape index (κ1) is 16.5. The van der Waals surface area contributed by atoms with Crippen LogP contribution in [0, 0.1) is 0 Å². The summed E-state index contributed by atoms with van der Waals surface area (Å²) in [7, 11) is 0. The lowest BCUT2D eigenvalue weighted by Crippen LogP contribution is -2.27. The number of hydrogen-bond acceptors (Lipinski definition) is 2. The summed E-state index contributed by atoms with van der Waals surface area (Å²) in [6, 6.07) is 13.9. The molecule has 3 aromatic rings. The first-order valence-corrected chi connectivity index (χ1v) is 8.13. The summed E-state index contributed by atoms with van der Waals surface area (Å²) in [5.74, 6) is 0.724. The number of imidazole rings is 1. The van der Waals surface area contributed by atoms with E-state index in [0.717, 1.165) is 5.75 Å². The third-order valence-corrected chi connectivity index (χ3v) is 4.14. The summed E-state index contributed by atoms with van der Waals surface area (Å²) in [5.41, 5.74) is -0.595. The van der Waals surface area contributed by atoms with Crippen LogP contribution in [-0.2, 0) is 12.2 Å². The molecule has 0 amide bonds. The fraction of sp³-hybridized carbons (Fsp3) is 0.211. The van der Waals surface area contributed by atoms with E-state index in [4.69, 9.17) is 16.3 Å². The molecule has 0 fully saturated rings. The Labute approximate surface area is 145 Å². The van der Waals surface area contributed by atoms with E-state index in [2.05, 4.69) is 4.98 Å². The lowest BCUT2D eigenvalue weighted by atomic mass is 9.88. The van der Waals surface area contributed by atoms with Crippen LogP contribution in [0.3, 0.4) is 0 Å². The number of alkyl halides is 1. The molecule has 124 valence electrons. The van der Waals surface area contributed by atoms with E-state index in [-0.39, 0.29) is 6.54 Å². The lowest BCUT2D eigenvalue weighted by molar-refractivity contribution is 0.189. The molecule has 3 nitrogen and oxygen atoms in total. The molecule has 1 unspecified atom stereocenters. The molecule has 3 rings (SSSR count). The summed E-state index contributed by atoms with van der Waals surface area (Å²) in [4.78, 5) is 4.00. The quantitative estimate of drug-likeness (QED) is 0.639. The number of rotatable bonds is 6. The zero-order valence-corrected chi connectivity index (χ0v) is 14.1. The largest absolute Gasteiger partial charge is 0.494 e. The standard InChI is InChI=1S/C19H18ClFN2O/c1-2-24-18-9-5-16(6-10-18)19(21,13-23-12-11-22-14-23)15-3-7-17(20)8-4-15/h3-12,14H,2,13H2,1H3. The van der Waals surface area contributed by atoms with E-state index < -0.39 is 5.67 Å². The minimum Gasteiger partial charge on any atom is -0.494 e. The Kier molecular flexibility index (Phi) is 4.86. The molecule has 2 aromatic carbocycles. The highest BCUT2D eigenvalue weighted by Gasteiger charge is 2.34. The highest BCUT2D eigenvalue weighted by molar-refractivity contribution is 6.30. The monoisotopic (exact) mass is 344 g/mol. The van der Waals surface area contributed by atoms with Gasteiger partial charge in [0, 0.05) is 17.4 Å². The Hall–Kier alpha value is -2.33. The number of aromatic nitrogens is 2. The molecular formula is C19H18ClFN2O. The van der Waals surface area contributed by atoms with Crippen LogP contribution in [0.2, 0.25) is 5.02 Å². The molecule has 1 aromatic heterocycles. The smallest absolute Gasteiger partial charge is 0.178 e. The summed E-state index contributed by atoms with van der Waals surface area (Å²) in [6.45, 7) is 2.62. The lowest BCUT2D eigenvalue weighted by Gasteiger charge is -2.27. The Morgan fingerprint density at radius 3 is 2.25 bits per heavy atom. The van der Waals surface area contributed by atoms with E-state index in [1.807, 2.05) is 6.92 Å². The van der Waals surface area contributed by atoms with Crippen molar-refractivity contribution < 1.29 is 9.13 Å². The van der Waals surface area contributed by atoms with Gasteiger partial charge in [0.1, 0.15) is 5.75 Å². The zero-order chi connectivity index (χ0) is 17.0. The topological polar surface area (TPSA) is 27.1 Å². The van der Waals surface area contributed by atoms with Crippen molar-refractivity contribution in [2.45, 2.75) is 19.1 Å². The van der Waals surface area contributed by atoms with Crippen LogP contribution in [0.25, 0.3) is 0 Å². The summed E-state index contributed by atoms with van der Waals surface area (Å²) < 4.78 is 23.3. The molecule has 0 N–H and O–H groups in total. The summed E-state index contributed by atoms with van der Waals surface area (Å²) >= 11 is 5.95. The molecule has 0 radical (unpaired) electrons. The number of benzene rings is 2. The Bertz CT molecular complexity index is 772. The molecule has 1 heterocycles. The van der Waals surface area contributed by atoms with Gasteiger partial charge >= 0.3 is 0 Å². The van der Waals surface area contributed by atoms with Gasteiger partial charge in [-0.3, -0.25) is 0 Å². The molecule has 0 saturated carbocycles. The molecule has 0 aliphatic carbocycles. The number of halogens is 2. The average Bonchev–Trinajstić information content (AvgIpc) is 3.09. The third kappa shape index (κ3) is 3.44. The predicted molar refractivity (Wildman–Crippen MR) is 93.2 cm³/mol. The van der Waals surface area contributed by atoms with Crippen molar-refractivity contribution in [1.29, 1.82) is 0 Å².